The van der Waals surface area contributed by atoms with Crippen molar-refractivity contribution in [3.05, 3.63) is 57.8 Å². The molecule has 0 aliphatic carbocycles. The van der Waals surface area contributed by atoms with Gasteiger partial charge in [0.15, 0.2) is 0 Å². The summed E-state index contributed by atoms with van der Waals surface area (Å²) in [6.07, 6.45) is 3.36. The van der Waals surface area contributed by atoms with Crippen molar-refractivity contribution < 1.29 is 13.9 Å². The molecule has 1 aliphatic rings. The quantitative estimate of drug-likeness (QED) is 0.456. The average molecular weight is 519 g/mol. The van der Waals surface area contributed by atoms with Crippen molar-refractivity contribution in [3.63, 3.8) is 0 Å². The van der Waals surface area contributed by atoms with Gasteiger partial charge in [-0.1, -0.05) is 12.1 Å². The number of fused-ring (bicyclic) bond motifs is 1. The maximum absolute atomic E-state index is 13.2. The van der Waals surface area contributed by atoms with Crippen LogP contribution in [0.25, 0.3) is 17.1 Å². The number of carbonyl (C=O) groups is 1. The molecule has 3 aromatic rings. The van der Waals surface area contributed by atoms with E-state index in [-0.39, 0.29) is 23.8 Å². The van der Waals surface area contributed by atoms with Gasteiger partial charge in [-0.3, -0.25) is 9.69 Å². The molecule has 2 atom stereocenters. The first-order chi connectivity index (χ1) is 15.4. The van der Waals surface area contributed by atoms with E-state index >= 15 is 0 Å². The highest BCUT2D eigenvalue weighted by Crippen LogP contribution is 2.36. The smallest absolute Gasteiger partial charge is 0.246 e. The molecule has 0 bridgehead atoms. The van der Waals surface area contributed by atoms with E-state index in [2.05, 4.69) is 43.4 Å². The predicted molar refractivity (Wildman–Crippen MR) is 128 cm³/mol. The third kappa shape index (κ3) is 4.69. The van der Waals surface area contributed by atoms with Gasteiger partial charge in [0.05, 0.1) is 23.3 Å². The van der Waals surface area contributed by atoms with Gasteiger partial charge in [-0.25, -0.2) is 4.39 Å². The number of methoxy groups -OCH3 is 1. The highest BCUT2D eigenvalue weighted by atomic mass is 79.9. The van der Waals surface area contributed by atoms with Crippen LogP contribution < -0.4 is 4.74 Å². The molecule has 2 heterocycles. The molecular weight excluding hydrogens is 495 g/mol. The minimum absolute atomic E-state index is 0.0412. The van der Waals surface area contributed by atoms with Crippen LogP contribution in [0.4, 0.5) is 4.39 Å². The molecule has 0 unspecified atom stereocenters. The van der Waals surface area contributed by atoms with Crippen LogP contribution in [0.15, 0.2) is 40.9 Å². The van der Waals surface area contributed by atoms with Gasteiger partial charge >= 0.3 is 0 Å². The zero-order chi connectivity index (χ0) is 22.8. The molecule has 32 heavy (non-hydrogen) atoms. The van der Waals surface area contributed by atoms with Gasteiger partial charge in [-0.05, 0) is 59.6 Å². The topological polar surface area (TPSA) is 58.6 Å². The second-order valence-corrected chi connectivity index (χ2v) is 9.34. The van der Waals surface area contributed by atoms with Crippen molar-refractivity contribution >= 4 is 50.7 Å². The SMILES string of the molecule is COc1c(C=CC(=O)N2C[C@H](C)N(Cc3ccc(F)cc3)C[C@H]2C)cc2nsnc2c1Br. The zero-order valence-electron chi connectivity index (χ0n) is 18.1. The zero-order valence-corrected chi connectivity index (χ0v) is 20.5. The van der Waals surface area contributed by atoms with Crippen LogP contribution in [0, 0.1) is 5.82 Å². The van der Waals surface area contributed by atoms with Crippen molar-refractivity contribution in [3.8, 4) is 5.75 Å². The van der Waals surface area contributed by atoms with E-state index in [0.29, 0.717) is 12.3 Å². The van der Waals surface area contributed by atoms with E-state index in [0.717, 1.165) is 51.5 Å². The summed E-state index contributed by atoms with van der Waals surface area (Å²) in [5, 5.41) is 0. The Bertz CT molecular complexity index is 1150. The molecule has 0 N–H and O–H groups in total. The Morgan fingerprint density at radius 1 is 1.25 bits per heavy atom. The molecule has 9 heteroatoms. The maximum atomic E-state index is 13.2. The number of aromatic nitrogens is 2. The van der Waals surface area contributed by atoms with E-state index < -0.39 is 0 Å². The third-order valence-electron chi connectivity index (χ3n) is 5.78. The van der Waals surface area contributed by atoms with Crippen molar-refractivity contribution in [2.75, 3.05) is 20.2 Å². The monoisotopic (exact) mass is 518 g/mol. The lowest BCUT2D eigenvalue weighted by molar-refractivity contribution is -0.131. The van der Waals surface area contributed by atoms with Crippen molar-refractivity contribution in [2.24, 2.45) is 0 Å². The lowest BCUT2D eigenvalue weighted by Crippen LogP contribution is -2.57. The lowest BCUT2D eigenvalue weighted by atomic mass is 10.1. The summed E-state index contributed by atoms with van der Waals surface area (Å²) in [6.45, 7) is 6.28. The number of ether oxygens (including phenoxy) is 1. The molecule has 2 aromatic carbocycles. The normalized spacial score (nSPS) is 19.7. The van der Waals surface area contributed by atoms with E-state index in [1.807, 2.05) is 23.1 Å². The highest BCUT2D eigenvalue weighted by molar-refractivity contribution is 9.10. The Hall–Kier alpha value is -2.36. The van der Waals surface area contributed by atoms with E-state index in [9.17, 15) is 9.18 Å². The molecule has 4 rings (SSSR count). The highest BCUT2D eigenvalue weighted by Gasteiger charge is 2.31. The summed E-state index contributed by atoms with van der Waals surface area (Å²) < 4.78 is 28.0. The van der Waals surface area contributed by atoms with Crippen molar-refractivity contribution in [1.29, 1.82) is 0 Å². The van der Waals surface area contributed by atoms with Crippen LogP contribution in [0.3, 0.4) is 0 Å². The number of carbonyl (C=O) groups excluding carboxylic acids is 1. The Morgan fingerprint density at radius 2 is 2.00 bits per heavy atom. The maximum Gasteiger partial charge on any atom is 0.246 e. The largest absolute Gasteiger partial charge is 0.495 e. The first-order valence-electron chi connectivity index (χ1n) is 10.3. The summed E-state index contributed by atoms with van der Waals surface area (Å²) in [5.74, 6) is 0.353. The third-order valence-corrected chi connectivity index (χ3v) is 7.06. The van der Waals surface area contributed by atoms with Gasteiger partial charge in [0, 0.05) is 43.4 Å². The summed E-state index contributed by atoms with van der Waals surface area (Å²) in [5.41, 5.74) is 3.33. The molecule has 1 aromatic heterocycles. The average Bonchev–Trinajstić information content (AvgIpc) is 3.25. The van der Waals surface area contributed by atoms with Crippen LogP contribution in [0.5, 0.6) is 5.75 Å². The molecule has 1 fully saturated rings. The summed E-state index contributed by atoms with van der Waals surface area (Å²) in [6, 6.07) is 8.72. The number of hydrogen-bond acceptors (Lipinski definition) is 6. The number of hydrogen-bond donors (Lipinski definition) is 0. The van der Waals surface area contributed by atoms with Gasteiger partial charge in [-0.15, -0.1) is 0 Å². The van der Waals surface area contributed by atoms with Gasteiger partial charge in [0.2, 0.25) is 5.91 Å². The van der Waals surface area contributed by atoms with Gasteiger partial charge < -0.3 is 9.64 Å². The van der Waals surface area contributed by atoms with Gasteiger partial charge in [0.1, 0.15) is 22.6 Å². The molecular formula is C23H24BrFN4O2S. The number of amides is 1. The van der Waals surface area contributed by atoms with Crippen LogP contribution >= 0.6 is 27.7 Å². The number of halogens is 2. The van der Waals surface area contributed by atoms with Crippen molar-refractivity contribution in [2.45, 2.75) is 32.5 Å². The van der Waals surface area contributed by atoms with Gasteiger partial charge in [-0.2, -0.15) is 8.75 Å². The Balaban J connectivity index is 1.47. The summed E-state index contributed by atoms with van der Waals surface area (Å²) in [7, 11) is 1.59. The van der Waals surface area contributed by atoms with Gasteiger partial charge in [0.25, 0.3) is 0 Å². The number of nitrogens with zero attached hydrogens (tertiary/aromatic N) is 4. The molecule has 1 saturated heterocycles. The van der Waals surface area contributed by atoms with Crippen LogP contribution in [0.1, 0.15) is 25.0 Å². The summed E-state index contributed by atoms with van der Waals surface area (Å²) >= 11 is 4.67. The summed E-state index contributed by atoms with van der Waals surface area (Å²) in [4.78, 5) is 17.3. The number of benzene rings is 2. The predicted octanol–water partition coefficient (Wildman–Crippen LogP) is 4.74. The first kappa shape index (κ1) is 22.8. The number of piperazine rings is 1. The second-order valence-electron chi connectivity index (χ2n) is 8.02. The van der Waals surface area contributed by atoms with Crippen LogP contribution in [-0.2, 0) is 11.3 Å². The van der Waals surface area contributed by atoms with E-state index in [1.165, 1.54) is 12.1 Å². The van der Waals surface area contributed by atoms with E-state index in [4.69, 9.17) is 4.74 Å². The van der Waals surface area contributed by atoms with Crippen LogP contribution in [0.2, 0.25) is 0 Å². The fraction of sp³-hybridized carbons (Fsp3) is 0.348. The molecule has 6 nitrogen and oxygen atoms in total. The van der Waals surface area contributed by atoms with Crippen LogP contribution in [-0.4, -0.2) is 56.7 Å². The minimum Gasteiger partial charge on any atom is -0.495 e. The van der Waals surface area contributed by atoms with E-state index in [1.54, 1.807) is 19.3 Å². The molecule has 1 amide bonds. The Labute approximate surface area is 199 Å². The number of rotatable bonds is 5. The molecule has 168 valence electrons. The first-order valence-corrected chi connectivity index (χ1v) is 11.9. The van der Waals surface area contributed by atoms with Crippen molar-refractivity contribution in [1.82, 2.24) is 18.5 Å². The Kier molecular flexibility index (Phi) is 6.88. The molecule has 0 radical (unpaired) electrons. The molecule has 1 aliphatic heterocycles. The fourth-order valence-electron chi connectivity index (χ4n) is 4.03. The minimum atomic E-state index is -0.230. The molecule has 0 spiro atoms. The lowest BCUT2D eigenvalue weighted by Gasteiger charge is -2.44. The standard InChI is InChI=1S/C23H24BrFN4O2S/c1-14-12-29(15(2)11-28(14)13-16-4-7-18(25)8-5-16)20(30)9-6-17-10-19-22(27-32-26-19)21(24)23(17)31-3/h4-10,14-15H,11-13H2,1-3H3/t14-,15+/m0/s1. The Morgan fingerprint density at radius 3 is 2.72 bits per heavy atom. The molecule has 0 saturated carbocycles. The second kappa shape index (κ2) is 9.64. The fourth-order valence-corrected chi connectivity index (χ4v) is 5.36.